The van der Waals surface area contributed by atoms with Crippen molar-refractivity contribution in [3.63, 3.8) is 0 Å². The van der Waals surface area contributed by atoms with Crippen molar-refractivity contribution in [1.29, 1.82) is 0 Å². The van der Waals surface area contributed by atoms with Crippen LogP contribution in [0.1, 0.15) is 0 Å². The van der Waals surface area contributed by atoms with Crippen LogP contribution in [0, 0.1) is 0 Å². The molecule has 0 fully saturated rings. The first kappa shape index (κ1) is 59.9. The fraction of sp³-hybridized carbons (Fsp3) is 0. The van der Waals surface area contributed by atoms with Crippen LogP contribution in [0.25, 0.3) is 157 Å². The van der Waals surface area contributed by atoms with E-state index >= 15 is 0 Å². The Bertz CT molecular complexity index is 6320. The fourth-order valence-electron chi connectivity index (χ4n) is 15.7. The maximum Gasteiger partial charge on any atom is 0.160 e. The summed E-state index contributed by atoms with van der Waals surface area (Å²) < 4.78 is 4.88. The molecule has 2 aliphatic rings. The minimum absolute atomic E-state index is 0.638. The average Bonchev–Trinajstić information content (AvgIpc) is 1.56. The van der Waals surface area contributed by atoms with Crippen LogP contribution in [0.4, 0.5) is 34.1 Å². The third-order valence-electron chi connectivity index (χ3n) is 20.4. The molecule has 0 saturated heterocycles. The molecule has 14 aromatic carbocycles. The van der Waals surface area contributed by atoms with Gasteiger partial charge in [-0.1, -0.05) is 279 Å². The van der Waals surface area contributed by atoms with Crippen molar-refractivity contribution in [1.82, 2.24) is 29.1 Å². The summed E-state index contributed by atoms with van der Waals surface area (Å²) in [6.07, 6.45) is 0. The Labute approximate surface area is 602 Å². The Hall–Kier alpha value is -14.1. The van der Waals surface area contributed by atoms with E-state index in [1.54, 1.807) is 0 Å². The number of rotatable bonds is 11. The Balaban J connectivity index is 0.635. The first-order valence-corrected chi connectivity index (χ1v) is 35.3. The van der Waals surface area contributed by atoms with Gasteiger partial charge in [0.25, 0.3) is 0 Å². The van der Waals surface area contributed by atoms with Crippen LogP contribution < -0.4 is 9.80 Å². The number of aromatic nitrogens is 6. The van der Waals surface area contributed by atoms with Crippen LogP contribution >= 0.6 is 0 Å². The standard InChI is InChI=1S/C96H62N8/c1-5-26-65(27-6-1)81-61-84(68-56-58-73(59-57-68)103-87-44-21-15-38-77(87)91-75-36-13-19-42-85(75)101(71-31-9-3-10-32-71)89-46-23-17-40-79(89)93(91)103)98-95(97-81)69-54-50-64(51-55-69)63-48-52-67(53-49-63)83-62-82(66-28-7-2-8-29-66)99-96(100-83)70-30-25-35-74(60-70)104-88-45-22-16-39-78(88)92-76-37-14-20-43-86(76)102(72-33-11-4-12-34-72)90-47-24-18-41-80(90)94(92)104/h1-62H. The quantitative estimate of drug-likeness (QED) is 0.129. The second kappa shape index (κ2) is 25.0. The van der Waals surface area contributed by atoms with Crippen molar-refractivity contribution in [2.75, 3.05) is 9.80 Å². The minimum Gasteiger partial charge on any atom is -0.309 e. The monoisotopic (exact) mass is 1330 g/mol. The molecule has 0 saturated carbocycles. The van der Waals surface area contributed by atoms with Crippen molar-refractivity contribution < 1.29 is 0 Å². The summed E-state index contributed by atoms with van der Waals surface area (Å²) in [5, 5.41) is 2.37. The number of hydrogen-bond acceptors (Lipinski definition) is 6. The molecule has 2 aliphatic heterocycles. The van der Waals surface area contributed by atoms with Crippen LogP contribution in [-0.4, -0.2) is 29.1 Å². The van der Waals surface area contributed by atoms with Crippen molar-refractivity contribution in [2.24, 2.45) is 0 Å². The summed E-state index contributed by atoms with van der Waals surface area (Å²) in [5.74, 6) is 1.29. The van der Waals surface area contributed by atoms with E-state index in [1.807, 2.05) is 12.1 Å². The van der Waals surface area contributed by atoms with Crippen LogP contribution in [0.5, 0.6) is 0 Å². The summed E-state index contributed by atoms with van der Waals surface area (Å²) in [5.41, 5.74) is 31.7. The zero-order valence-electron chi connectivity index (χ0n) is 56.4. The smallest absolute Gasteiger partial charge is 0.160 e. The molecule has 4 aromatic heterocycles. The third kappa shape index (κ3) is 10.1. The second-order valence-corrected chi connectivity index (χ2v) is 26.5. The highest BCUT2D eigenvalue weighted by Crippen LogP contribution is 2.57. The van der Waals surface area contributed by atoms with E-state index in [4.69, 9.17) is 19.9 Å². The normalized spacial score (nSPS) is 12.0. The molecule has 486 valence electrons. The molecule has 0 radical (unpaired) electrons. The van der Waals surface area contributed by atoms with Gasteiger partial charge in [0.15, 0.2) is 11.6 Å². The molecule has 0 aliphatic carbocycles. The summed E-state index contributed by atoms with van der Waals surface area (Å²) in [4.78, 5) is 26.2. The van der Waals surface area contributed by atoms with E-state index in [1.165, 1.54) is 33.0 Å². The highest BCUT2D eigenvalue weighted by Gasteiger charge is 2.34. The van der Waals surface area contributed by atoms with Gasteiger partial charge in [0.2, 0.25) is 0 Å². The first-order chi connectivity index (χ1) is 51.6. The number of hydrogen-bond donors (Lipinski definition) is 0. The van der Waals surface area contributed by atoms with Crippen LogP contribution in [0.2, 0.25) is 0 Å². The molecular weight excluding hydrogens is 1270 g/mol. The predicted octanol–water partition coefficient (Wildman–Crippen LogP) is 25.1. The van der Waals surface area contributed by atoms with E-state index < -0.39 is 0 Å². The van der Waals surface area contributed by atoms with Crippen molar-refractivity contribution in [3.05, 3.63) is 376 Å². The van der Waals surface area contributed by atoms with Gasteiger partial charge in [-0.25, -0.2) is 19.9 Å². The maximum absolute atomic E-state index is 5.43. The largest absolute Gasteiger partial charge is 0.309 e. The summed E-state index contributed by atoms with van der Waals surface area (Å²) in [7, 11) is 0. The van der Waals surface area contributed by atoms with E-state index in [2.05, 4.69) is 383 Å². The molecule has 0 amide bonds. The summed E-state index contributed by atoms with van der Waals surface area (Å²) in [6, 6.07) is 134. The Morgan fingerprint density at radius 1 is 0.192 bits per heavy atom. The van der Waals surface area contributed by atoms with Gasteiger partial charge in [0.1, 0.15) is 0 Å². The molecule has 0 atom stereocenters. The number of anilines is 6. The summed E-state index contributed by atoms with van der Waals surface area (Å²) >= 11 is 0. The first-order valence-electron chi connectivity index (χ1n) is 35.3. The average molecular weight is 1330 g/mol. The number of fused-ring (bicyclic) bond motifs is 14. The number of nitrogens with zero attached hydrogens (tertiary/aromatic N) is 8. The van der Waals surface area contributed by atoms with Crippen molar-refractivity contribution in [3.8, 4) is 135 Å². The molecular formula is C96H62N8. The number of para-hydroxylation sites is 8. The topological polar surface area (TPSA) is 67.9 Å². The van der Waals surface area contributed by atoms with Gasteiger partial charge < -0.3 is 18.9 Å². The molecule has 0 bridgehead atoms. The van der Waals surface area contributed by atoms with E-state index in [-0.39, 0.29) is 0 Å². The van der Waals surface area contributed by atoms with Crippen LogP contribution in [-0.2, 0) is 0 Å². The molecule has 104 heavy (non-hydrogen) atoms. The van der Waals surface area contributed by atoms with Gasteiger partial charge in [0, 0.05) is 100 Å². The molecule has 6 heterocycles. The van der Waals surface area contributed by atoms with Gasteiger partial charge >= 0.3 is 0 Å². The van der Waals surface area contributed by atoms with Gasteiger partial charge in [-0.2, -0.15) is 0 Å². The lowest BCUT2D eigenvalue weighted by atomic mass is 9.98. The van der Waals surface area contributed by atoms with Gasteiger partial charge in [-0.15, -0.1) is 0 Å². The van der Waals surface area contributed by atoms with E-state index in [0.717, 1.165) is 146 Å². The second-order valence-electron chi connectivity index (χ2n) is 26.5. The lowest BCUT2D eigenvalue weighted by Gasteiger charge is -2.27. The molecule has 18 aromatic rings. The van der Waals surface area contributed by atoms with E-state index in [9.17, 15) is 0 Å². The van der Waals surface area contributed by atoms with Gasteiger partial charge in [-0.05, 0) is 108 Å². The lowest BCUT2D eigenvalue weighted by molar-refractivity contribution is 1.13. The molecule has 0 N–H and O–H groups in total. The van der Waals surface area contributed by atoms with Crippen LogP contribution in [0.3, 0.4) is 0 Å². The Kier molecular flexibility index (Phi) is 14.4. The van der Waals surface area contributed by atoms with E-state index in [0.29, 0.717) is 11.6 Å². The summed E-state index contributed by atoms with van der Waals surface area (Å²) in [6.45, 7) is 0. The number of benzene rings is 14. The highest BCUT2D eigenvalue weighted by atomic mass is 15.2. The fourth-order valence-corrected chi connectivity index (χ4v) is 15.7. The molecule has 0 unspecified atom stereocenters. The highest BCUT2D eigenvalue weighted by molar-refractivity contribution is 6.15. The predicted molar refractivity (Wildman–Crippen MR) is 428 cm³/mol. The maximum atomic E-state index is 5.43. The van der Waals surface area contributed by atoms with Gasteiger partial charge in [0.05, 0.1) is 67.9 Å². The Morgan fingerprint density at radius 2 is 0.500 bits per heavy atom. The molecule has 0 spiro atoms. The molecule has 20 rings (SSSR count). The zero-order chi connectivity index (χ0) is 68.6. The SMILES string of the molecule is c1ccc(-c2cc(-c3ccc(-n4c5c(c6ccccc64)-c4ccccc4N(c4ccccc4)c4ccccc4-5)cc3)nc(-c3ccc(-c4ccc(-c5cc(-c6ccccc6)nc(-c6cccc(-n7c8c(c9ccccc97)-c7ccccc7N(c7ccccc7)c7ccccc7-8)c6)n5)cc4)cc3)n2)cc1. The zero-order valence-corrected chi connectivity index (χ0v) is 56.4. The molecule has 8 nitrogen and oxygen atoms in total. The third-order valence-corrected chi connectivity index (χ3v) is 20.4. The van der Waals surface area contributed by atoms with Crippen LogP contribution in [0.15, 0.2) is 376 Å². The van der Waals surface area contributed by atoms with Crippen molar-refractivity contribution >= 4 is 55.9 Å². The Morgan fingerprint density at radius 3 is 0.952 bits per heavy atom. The van der Waals surface area contributed by atoms with Gasteiger partial charge in [-0.3, -0.25) is 0 Å². The molecule has 8 heteroatoms. The minimum atomic E-state index is 0.638. The lowest BCUT2D eigenvalue weighted by Crippen LogP contribution is -2.11. The van der Waals surface area contributed by atoms with Crippen molar-refractivity contribution in [2.45, 2.75) is 0 Å².